The highest BCUT2D eigenvalue weighted by atomic mass is 32.2. The summed E-state index contributed by atoms with van der Waals surface area (Å²) >= 11 is 0. The third-order valence-corrected chi connectivity index (χ3v) is 6.57. The van der Waals surface area contributed by atoms with Crippen molar-refractivity contribution in [3.8, 4) is 0 Å². The number of rotatable bonds is 3. The second-order valence-corrected chi connectivity index (χ2v) is 8.52. The molecule has 0 unspecified atom stereocenters. The largest absolute Gasteiger partial charge is 0.416 e. The molecule has 5 nitrogen and oxygen atoms in total. The molecule has 0 bridgehead atoms. The van der Waals surface area contributed by atoms with Crippen molar-refractivity contribution in [2.75, 3.05) is 26.2 Å². The summed E-state index contributed by atoms with van der Waals surface area (Å²) in [5.74, 6) is -1.01. The lowest BCUT2D eigenvalue weighted by Gasteiger charge is -2.22. The second-order valence-electron chi connectivity index (χ2n) is 6.58. The zero-order chi connectivity index (χ0) is 21.2. The monoisotopic (exact) mass is 430 g/mol. The molecule has 0 spiro atoms. The Bertz CT molecular complexity index is 974. The van der Waals surface area contributed by atoms with Crippen LogP contribution in [-0.4, -0.2) is 49.7 Å². The molecular formula is C19H18F4N2O3S. The Morgan fingerprint density at radius 3 is 2.07 bits per heavy atom. The fourth-order valence-electron chi connectivity index (χ4n) is 3.08. The quantitative estimate of drug-likeness (QED) is 0.702. The van der Waals surface area contributed by atoms with Crippen molar-refractivity contribution in [1.82, 2.24) is 9.21 Å². The van der Waals surface area contributed by atoms with Crippen LogP contribution in [0.3, 0.4) is 0 Å². The number of carbonyl (C=O) groups excluding carboxylic acids is 1. The normalized spacial score (nSPS) is 16.5. The van der Waals surface area contributed by atoms with E-state index in [1.807, 2.05) is 0 Å². The van der Waals surface area contributed by atoms with Crippen LogP contribution in [0.2, 0.25) is 0 Å². The Labute approximate surface area is 165 Å². The van der Waals surface area contributed by atoms with Gasteiger partial charge in [0.1, 0.15) is 5.82 Å². The molecule has 156 valence electrons. The van der Waals surface area contributed by atoms with Gasteiger partial charge in [0, 0.05) is 31.7 Å². The lowest BCUT2D eigenvalue weighted by Crippen LogP contribution is -2.37. The molecule has 1 saturated heterocycles. The molecule has 0 N–H and O–H groups in total. The summed E-state index contributed by atoms with van der Waals surface area (Å²) in [5.41, 5.74) is -0.741. The zero-order valence-electron chi connectivity index (χ0n) is 15.2. The molecule has 1 heterocycles. The van der Waals surface area contributed by atoms with Crippen molar-refractivity contribution < 1.29 is 30.8 Å². The lowest BCUT2D eigenvalue weighted by molar-refractivity contribution is -0.137. The minimum Gasteiger partial charge on any atom is -0.337 e. The van der Waals surface area contributed by atoms with E-state index in [1.54, 1.807) is 0 Å². The Balaban J connectivity index is 1.71. The van der Waals surface area contributed by atoms with E-state index in [4.69, 9.17) is 0 Å². The van der Waals surface area contributed by atoms with Crippen LogP contribution in [0.25, 0.3) is 0 Å². The van der Waals surface area contributed by atoms with Crippen LogP contribution in [0.5, 0.6) is 0 Å². The highest BCUT2D eigenvalue weighted by molar-refractivity contribution is 7.89. The Morgan fingerprint density at radius 2 is 1.48 bits per heavy atom. The number of hydrogen-bond donors (Lipinski definition) is 0. The first-order valence-electron chi connectivity index (χ1n) is 8.81. The molecule has 1 aliphatic rings. The van der Waals surface area contributed by atoms with E-state index < -0.39 is 33.5 Å². The molecule has 1 amide bonds. The molecule has 0 aliphatic carbocycles. The van der Waals surface area contributed by atoms with Gasteiger partial charge >= 0.3 is 6.18 Å². The summed E-state index contributed by atoms with van der Waals surface area (Å²) in [6, 6.07) is 8.40. The van der Waals surface area contributed by atoms with Crippen LogP contribution < -0.4 is 0 Å². The fraction of sp³-hybridized carbons (Fsp3) is 0.316. The fourth-order valence-corrected chi connectivity index (χ4v) is 4.55. The predicted molar refractivity (Wildman–Crippen MR) is 97.1 cm³/mol. The first-order chi connectivity index (χ1) is 13.6. The average molecular weight is 430 g/mol. The highest BCUT2D eigenvalue weighted by Gasteiger charge is 2.31. The standard InChI is InChI=1S/C19H18F4N2O3S/c20-16-6-8-17(9-7-16)29(27,28)25-11-1-10-24(12-13-25)18(26)14-2-4-15(5-3-14)19(21,22)23/h2-9H,1,10-13H2. The van der Waals surface area contributed by atoms with E-state index in [1.165, 1.54) is 21.3 Å². The van der Waals surface area contributed by atoms with Gasteiger partial charge in [-0.25, -0.2) is 12.8 Å². The van der Waals surface area contributed by atoms with Gasteiger partial charge in [0.05, 0.1) is 10.5 Å². The summed E-state index contributed by atoms with van der Waals surface area (Å²) < 4.78 is 77.7. The summed E-state index contributed by atoms with van der Waals surface area (Å²) in [5, 5.41) is 0. The summed E-state index contributed by atoms with van der Waals surface area (Å²) in [4.78, 5) is 14.0. The number of nitrogens with zero attached hydrogens (tertiary/aromatic N) is 2. The van der Waals surface area contributed by atoms with Gasteiger partial charge in [-0.2, -0.15) is 17.5 Å². The molecule has 10 heteroatoms. The van der Waals surface area contributed by atoms with E-state index >= 15 is 0 Å². The van der Waals surface area contributed by atoms with Crippen molar-refractivity contribution in [1.29, 1.82) is 0 Å². The van der Waals surface area contributed by atoms with E-state index in [2.05, 4.69) is 0 Å². The summed E-state index contributed by atoms with van der Waals surface area (Å²) in [7, 11) is -3.83. The molecule has 0 radical (unpaired) electrons. The third-order valence-electron chi connectivity index (χ3n) is 4.65. The van der Waals surface area contributed by atoms with Gasteiger partial charge in [0.15, 0.2) is 0 Å². The summed E-state index contributed by atoms with van der Waals surface area (Å²) in [6.07, 6.45) is -4.12. The van der Waals surface area contributed by atoms with Gasteiger partial charge in [-0.3, -0.25) is 4.79 Å². The van der Waals surface area contributed by atoms with E-state index in [0.29, 0.717) is 6.42 Å². The molecule has 3 rings (SSSR count). The molecule has 1 aliphatic heterocycles. The molecular weight excluding hydrogens is 412 g/mol. The maximum Gasteiger partial charge on any atom is 0.416 e. The van der Waals surface area contributed by atoms with Gasteiger partial charge in [-0.1, -0.05) is 0 Å². The number of carbonyl (C=O) groups is 1. The van der Waals surface area contributed by atoms with Gasteiger partial charge < -0.3 is 4.90 Å². The number of hydrogen-bond acceptors (Lipinski definition) is 3. The number of halogens is 4. The maximum absolute atomic E-state index is 13.1. The number of sulfonamides is 1. The minimum absolute atomic E-state index is 0.0338. The maximum atomic E-state index is 13.1. The van der Waals surface area contributed by atoms with E-state index in [0.717, 1.165) is 36.4 Å². The van der Waals surface area contributed by atoms with Crippen molar-refractivity contribution in [3.05, 3.63) is 65.5 Å². The van der Waals surface area contributed by atoms with Crippen molar-refractivity contribution in [3.63, 3.8) is 0 Å². The van der Waals surface area contributed by atoms with Crippen LogP contribution >= 0.6 is 0 Å². The topological polar surface area (TPSA) is 57.7 Å². The number of amides is 1. The van der Waals surface area contributed by atoms with E-state index in [9.17, 15) is 30.8 Å². The number of benzene rings is 2. The van der Waals surface area contributed by atoms with Crippen molar-refractivity contribution in [2.24, 2.45) is 0 Å². The van der Waals surface area contributed by atoms with Gasteiger partial charge in [-0.15, -0.1) is 0 Å². The minimum atomic E-state index is -4.49. The van der Waals surface area contributed by atoms with Crippen LogP contribution in [0.4, 0.5) is 17.6 Å². The Morgan fingerprint density at radius 1 is 0.862 bits per heavy atom. The number of alkyl halides is 3. The molecule has 0 saturated carbocycles. The molecule has 1 fully saturated rings. The molecule has 29 heavy (non-hydrogen) atoms. The predicted octanol–water partition coefficient (Wildman–Crippen LogP) is 3.38. The average Bonchev–Trinajstić information content (AvgIpc) is 2.94. The molecule has 2 aromatic rings. The molecule has 2 aromatic carbocycles. The molecule has 0 atom stereocenters. The first-order valence-corrected chi connectivity index (χ1v) is 10.3. The van der Waals surface area contributed by atoms with Crippen LogP contribution in [0, 0.1) is 5.82 Å². The van der Waals surface area contributed by atoms with Crippen molar-refractivity contribution >= 4 is 15.9 Å². The third kappa shape index (κ3) is 4.76. The smallest absolute Gasteiger partial charge is 0.337 e. The Hall–Kier alpha value is -2.46. The highest BCUT2D eigenvalue weighted by Crippen LogP contribution is 2.29. The van der Waals surface area contributed by atoms with Gasteiger partial charge in [0.2, 0.25) is 10.0 Å². The van der Waals surface area contributed by atoms with Crippen molar-refractivity contribution in [2.45, 2.75) is 17.5 Å². The lowest BCUT2D eigenvalue weighted by atomic mass is 10.1. The van der Waals surface area contributed by atoms with Gasteiger partial charge in [-0.05, 0) is 55.0 Å². The van der Waals surface area contributed by atoms with Crippen LogP contribution in [0.1, 0.15) is 22.3 Å². The zero-order valence-corrected chi connectivity index (χ0v) is 16.0. The van der Waals surface area contributed by atoms with E-state index in [-0.39, 0.29) is 36.6 Å². The second kappa shape index (κ2) is 8.11. The van der Waals surface area contributed by atoms with Crippen LogP contribution in [-0.2, 0) is 16.2 Å². The van der Waals surface area contributed by atoms with Gasteiger partial charge in [0.25, 0.3) is 5.91 Å². The Kier molecular flexibility index (Phi) is 5.95. The summed E-state index contributed by atoms with van der Waals surface area (Å²) in [6.45, 7) is 0.582. The van der Waals surface area contributed by atoms with Crippen LogP contribution in [0.15, 0.2) is 53.4 Å². The first kappa shape index (κ1) is 21.3. The molecule has 0 aromatic heterocycles. The SMILES string of the molecule is O=C(c1ccc(C(F)(F)F)cc1)N1CCCN(S(=O)(=O)c2ccc(F)cc2)CC1.